The summed E-state index contributed by atoms with van der Waals surface area (Å²) in [6.07, 6.45) is 1.67. The van der Waals surface area contributed by atoms with Gasteiger partial charge < -0.3 is 4.74 Å². The average molecular weight is 477 g/mol. The van der Waals surface area contributed by atoms with Gasteiger partial charge in [-0.3, -0.25) is 0 Å². The van der Waals surface area contributed by atoms with Crippen LogP contribution in [0.5, 0.6) is 5.75 Å². The number of benzene rings is 3. The Hall–Kier alpha value is -3.61. The smallest absolute Gasteiger partial charge is 0.367 e. The van der Waals surface area contributed by atoms with Crippen molar-refractivity contribution in [2.24, 2.45) is 0 Å². The standard InChI is InChI=1S/C25H18Cl2N4O2/c26-19-10-6-17(7-11-19)22-16-28-31-24(23(22)18-8-12-20(27)13-9-18)29-30(25(31)32)14-15-33-21-4-2-1-3-5-21/h1-13,16H,14-15H2. The summed E-state index contributed by atoms with van der Waals surface area (Å²) in [4.78, 5) is 13.0. The third-order valence-corrected chi connectivity index (χ3v) is 5.72. The van der Waals surface area contributed by atoms with Crippen LogP contribution in [0.4, 0.5) is 0 Å². The van der Waals surface area contributed by atoms with E-state index in [2.05, 4.69) is 10.2 Å². The van der Waals surface area contributed by atoms with Crippen LogP contribution in [0.15, 0.2) is 89.9 Å². The maximum atomic E-state index is 13.0. The Kier molecular flexibility index (Phi) is 5.86. The summed E-state index contributed by atoms with van der Waals surface area (Å²) >= 11 is 12.2. The van der Waals surface area contributed by atoms with Crippen LogP contribution in [0.2, 0.25) is 10.0 Å². The number of para-hydroxylation sites is 1. The molecule has 0 saturated carbocycles. The molecule has 0 saturated heterocycles. The molecule has 0 amide bonds. The molecule has 33 heavy (non-hydrogen) atoms. The first-order chi connectivity index (χ1) is 16.1. The van der Waals surface area contributed by atoms with E-state index in [4.69, 9.17) is 27.9 Å². The van der Waals surface area contributed by atoms with Gasteiger partial charge >= 0.3 is 5.69 Å². The van der Waals surface area contributed by atoms with Crippen molar-refractivity contribution in [3.05, 3.63) is 106 Å². The highest BCUT2D eigenvalue weighted by atomic mass is 35.5. The van der Waals surface area contributed by atoms with Gasteiger partial charge in [0.25, 0.3) is 0 Å². The number of rotatable bonds is 6. The zero-order valence-electron chi connectivity index (χ0n) is 17.4. The molecule has 0 aliphatic heterocycles. The topological polar surface area (TPSA) is 61.4 Å². The summed E-state index contributed by atoms with van der Waals surface area (Å²) in [7, 11) is 0. The van der Waals surface area contributed by atoms with Gasteiger partial charge in [-0.05, 0) is 47.5 Å². The monoisotopic (exact) mass is 476 g/mol. The number of hydrogen-bond acceptors (Lipinski definition) is 4. The van der Waals surface area contributed by atoms with E-state index in [9.17, 15) is 4.79 Å². The second-order valence-electron chi connectivity index (χ2n) is 7.35. The molecular weight excluding hydrogens is 459 g/mol. The lowest BCUT2D eigenvalue weighted by atomic mass is 9.97. The van der Waals surface area contributed by atoms with Gasteiger partial charge in [0.2, 0.25) is 0 Å². The Morgan fingerprint density at radius 3 is 2.12 bits per heavy atom. The predicted octanol–water partition coefficient (Wildman–Crippen LogP) is 5.61. The molecule has 0 N–H and O–H groups in total. The average Bonchev–Trinajstić information content (AvgIpc) is 3.16. The van der Waals surface area contributed by atoms with Gasteiger partial charge in [0.1, 0.15) is 12.4 Å². The minimum atomic E-state index is -0.334. The Morgan fingerprint density at radius 1 is 0.818 bits per heavy atom. The van der Waals surface area contributed by atoms with Crippen molar-refractivity contribution in [1.29, 1.82) is 0 Å². The van der Waals surface area contributed by atoms with Gasteiger partial charge in [-0.25, -0.2) is 9.48 Å². The molecule has 3 aromatic carbocycles. The lowest BCUT2D eigenvalue weighted by Crippen LogP contribution is -2.25. The third kappa shape index (κ3) is 4.35. The molecule has 2 aromatic heterocycles. The fourth-order valence-electron chi connectivity index (χ4n) is 3.62. The number of hydrogen-bond donors (Lipinski definition) is 0. The fraction of sp³-hybridized carbons (Fsp3) is 0.0800. The molecule has 8 heteroatoms. The van der Waals surface area contributed by atoms with E-state index in [-0.39, 0.29) is 12.2 Å². The van der Waals surface area contributed by atoms with Crippen LogP contribution in [0.3, 0.4) is 0 Å². The van der Waals surface area contributed by atoms with Crippen LogP contribution in [0, 0.1) is 0 Å². The molecule has 0 spiro atoms. The molecule has 6 nitrogen and oxygen atoms in total. The minimum Gasteiger partial charge on any atom is -0.492 e. The van der Waals surface area contributed by atoms with E-state index >= 15 is 0 Å². The van der Waals surface area contributed by atoms with Crippen molar-refractivity contribution in [2.75, 3.05) is 6.61 Å². The van der Waals surface area contributed by atoms with Crippen LogP contribution in [0.25, 0.3) is 27.9 Å². The Morgan fingerprint density at radius 2 is 1.45 bits per heavy atom. The van der Waals surface area contributed by atoms with E-state index < -0.39 is 0 Å². The van der Waals surface area contributed by atoms with Gasteiger partial charge in [0.15, 0.2) is 5.65 Å². The molecule has 0 unspecified atom stereocenters. The van der Waals surface area contributed by atoms with Gasteiger partial charge in [-0.2, -0.15) is 9.61 Å². The SMILES string of the molecule is O=c1n(CCOc2ccccc2)nc2c(-c3ccc(Cl)cc3)c(-c3ccc(Cl)cc3)cnn12. The van der Waals surface area contributed by atoms with Crippen LogP contribution < -0.4 is 10.4 Å². The quantitative estimate of drug-likeness (QED) is 0.319. The van der Waals surface area contributed by atoms with Gasteiger partial charge in [0.05, 0.1) is 12.7 Å². The maximum Gasteiger partial charge on any atom is 0.367 e. The van der Waals surface area contributed by atoms with Crippen molar-refractivity contribution in [1.82, 2.24) is 19.4 Å². The molecule has 0 aliphatic rings. The fourth-order valence-corrected chi connectivity index (χ4v) is 3.87. The lowest BCUT2D eigenvalue weighted by molar-refractivity contribution is 0.289. The van der Waals surface area contributed by atoms with Crippen molar-refractivity contribution in [3.8, 4) is 28.0 Å². The predicted molar refractivity (Wildman–Crippen MR) is 130 cm³/mol. The van der Waals surface area contributed by atoms with Crippen molar-refractivity contribution in [3.63, 3.8) is 0 Å². The molecule has 0 aliphatic carbocycles. The Labute approximate surface area is 199 Å². The zero-order valence-corrected chi connectivity index (χ0v) is 18.9. The molecule has 0 bridgehead atoms. The largest absolute Gasteiger partial charge is 0.492 e. The first-order valence-corrected chi connectivity index (χ1v) is 11.0. The molecule has 5 aromatic rings. The lowest BCUT2D eigenvalue weighted by Gasteiger charge is -2.11. The highest BCUT2D eigenvalue weighted by Gasteiger charge is 2.18. The molecular formula is C25H18Cl2N4O2. The van der Waals surface area contributed by atoms with Crippen LogP contribution in [-0.4, -0.2) is 26.0 Å². The summed E-state index contributed by atoms with van der Waals surface area (Å²) < 4.78 is 8.42. The second kappa shape index (κ2) is 9.10. The zero-order chi connectivity index (χ0) is 22.8. The molecule has 0 atom stereocenters. The second-order valence-corrected chi connectivity index (χ2v) is 8.22. The molecule has 2 heterocycles. The highest BCUT2D eigenvalue weighted by molar-refractivity contribution is 6.31. The molecule has 5 rings (SSSR count). The highest BCUT2D eigenvalue weighted by Crippen LogP contribution is 2.34. The minimum absolute atomic E-state index is 0.285. The van der Waals surface area contributed by atoms with Crippen LogP contribution in [-0.2, 0) is 6.54 Å². The third-order valence-electron chi connectivity index (χ3n) is 5.22. The van der Waals surface area contributed by atoms with Crippen molar-refractivity contribution in [2.45, 2.75) is 6.54 Å². The van der Waals surface area contributed by atoms with E-state index in [0.717, 1.165) is 28.0 Å². The summed E-state index contributed by atoms with van der Waals surface area (Å²) in [5, 5.41) is 10.3. The van der Waals surface area contributed by atoms with Gasteiger partial charge in [-0.15, -0.1) is 5.10 Å². The van der Waals surface area contributed by atoms with E-state index in [1.165, 1.54) is 9.20 Å². The summed E-state index contributed by atoms with van der Waals surface area (Å²) in [6, 6.07) is 24.3. The van der Waals surface area contributed by atoms with E-state index in [1.807, 2.05) is 78.9 Å². The van der Waals surface area contributed by atoms with Crippen molar-refractivity contribution < 1.29 is 4.74 Å². The number of aromatic nitrogens is 4. The maximum absolute atomic E-state index is 13.0. The van der Waals surface area contributed by atoms with E-state index in [1.54, 1.807) is 6.20 Å². The number of fused-ring (bicyclic) bond motifs is 1. The first kappa shape index (κ1) is 21.2. The number of ether oxygens (including phenoxy) is 1. The Balaban J connectivity index is 1.59. The van der Waals surface area contributed by atoms with Crippen LogP contribution >= 0.6 is 23.2 Å². The Bertz CT molecular complexity index is 1460. The molecule has 0 fully saturated rings. The summed E-state index contributed by atoms with van der Waals surface area (Å²) in [5.41, 5.74) is 3.51. The normalized spacial score (nSPS) is 11.1. The summed E-state index contributed by atoms with van der Waals surface area (Å²) in [5.74, 6) is 0.735. The van der Waals surface area contributed by atoms with Crippen molar-refractivity contribution >= 4 is 28.8 Å². The first-order valence-electron chi connectivity index (χ1n) is 10.3. The van der Waals surface area contributed by atoms with Crippen LogP contribution in [0.1, 0.15) is 0 Å². The molecule has 0 radical (unpaired) electrons. The van der Waals surface area contributed by atoms with Gasteiger partial charge in [-0.1, -0.05) is 65.7 Å². The molecule has 164 valence electrons. The number of nitrogens with zero attached hydrogens (tertiary/aromatic N) is 4. The number of halogens is 2. The van der Waals surface area contributed by atoms with E-state index in [0.29, 0.717) is 22.3 Å². The summed E-state index contributed by atoms with van der Waals surface area (Å²) in [6.45, 7) is 0.585. The van der Waals surface area contributed by atoms with Gasteiger partial charge in [0, 0.05) is 21.2 Å².